The molecule has 0 aromatic heterocycles. The molecule has 2 aliphatic rings. The number of fused-ring (bicyclic) bond motifs is 1. The van der Waals surface area contributed by atoms with Crippen LogP contribution in [-0.4, -0.2) is 67.7 Å². The lowest BCUT2D eigenvalue weighted by molar-refractivity contribution is -0.133. The van der Waals surface area contributed by atoms with Crippen molar-refractivity contribution in [2.75, 3.05) is 39.3 Å². The van der Waals surface area contributed by atoms with Crippen LogP contribution < -0.4 is 0 Å². The number of carbonyl (C=O) groups is 1. The van der Waals surface area contributed by atoms with E-state index in [9.17, 15) is 13.2 Å². The van der Waals surface area contributed by atoms with Gasteiger partial charge in [0.05, 0.1) is 16.6 Å². The second-order valence-electron chi connectivity index (χ2n) is 7.57. The first-order chi connectivity index (χ1) is 14.4. The molecule has 2 heterocycles. The van der Waals surface area contributed by atoms with E-state index in [4.69, 9.17) is 23.2 Å². The fourth-order valence-electron chi connectivity index (χ4n) is 3.99. The third kappa shape index (κ3) is 4.36. The normalized spacial score (nSPS) is 18.3. The number of rotatable bonds is 4. The summed E-state index contributed by atoms with van der Waals surface area (Å²) < 4.78 is 27.4. The van der Waals surface area contributed by atoms with E-state index < -0.39 is 10.0 Å². The van der Waals surface area contributed by atoms with Gasteiger partial charge in [0.2, 0.25) is 15.9 Å². The van der Waals surface area contributed by atoms with Gasteiger partial charge in [-0.15, -0.1) is 0 Å². The summed E-state index contributed by atoms with van der Waals surface area (Å²) in [6.07, 6.45) is 0.868. The predicted octanol–water partition coefficient (Wildman–Crippen LogP) is 2.88. The molecular formula is C21H23Cl2N3O3S. The van der Waals surface area contributed by atoms with Crippen LogP contribution in [0.3, 0.4) is 0 Å². The van der Waals surface area contributed by atoms with Crippen LogP contribution in [0.1, 0.15) is 11.1 Å². The molecule has 0 radical (unpaired) electrons. The van der Waals surface area contributed by atoms with E-state index in [1.807, 2.05) is 21.9 Å². The molecule has 0 atom stereocenters. The number of amides is 1. The first-order valence-electron chi connectivity index (χ1n) is 9.87. The molecule has 1 saturated heterocycles. The van der Waals surface area contributed by atoms with Crippen LogP contribution in [-0.2, 0) is 27.8 Å². The Hall–Kier alpha value is -1.64. The van der Waals surface area contributed by atoms with Gasteiger partial charge in [-0.1, -0.05) is 53.5 Å². The highest BCUT2D eigenvalue weighted by Gasteiger charge is 2.32. The Morgan fingerprint density at radius 1 is 0.867 bits per heavy atom. The number of benzene rings is 2. The van der Waals surface area contributed by atoms with Crippen molar-refractivity contribution in [3.05, 3.63) is 63.6 Å². The second-order valence-corrected chi connectivity index (χ2v) is 10.3. The highest BCUT2D eigenvalue weighted by Crippen LogP contribution is 2.31. The van der Waals surface area contributed by atoms with Gasteiger partial charge < -0.3 is 4.90 Å². The summed E-state index contributed by atoms with van der Waals surface area (Å²) in [6, 6.07) is 12.9. The lowest BCUT2D eigenvalue weighted by Crippen LogP contribution is -2.51. The zero-order valence-corrected chi connectivity index (χ0v) is 18.8. The van der Waals surface area contributed by atoms with Crippen LogP contribution in [0.25, 0.3) is 0 Å². The maximum atomic E-state index is 13.0. The van der Waals surface area contributed by atoms with E-state index in [-0.39, 0.29) is 20.8 Å². The Morgan fingerprint density at radius 2 is 1.50 bits per heavy atom. The lowest BCUT2D eigenvalue weighted by Gasteiger charge is -2.36. The molecule has 1 fully saturated rings. The fourth-order valence-corrected chi connectivity index (χ4v) is 6.50. The van der Waals surface area contributed by atoms with E-state index in [0.29, 0.717) is 39.3 Å². The van der Waals surface area contributed by atoms with Crippen molar-refractivity contribution in [1.29, 1.82) is 0 Å². The van der Waals surface area contributed by atoms with Crippen molar-refractivity contribution in [2.45, 2.75) is 17.9 Å². The molecule has 4 rings (SSSR count). The lowest BCUT2D eigenvalue weighted by atomic mass is 10.00. The summed E-state index contributed by atoms with van der Waals surface area (Å²) >= 11 is 12.2. The van der Waals surface area contributed by atoms with E-state index in [1.165, 1.54) is 27.6 Å². The molecule has 30 heavy (non-hydrogen) atoms. The van der Waals surface area contributed by atoms with Crippen molar-refractivity contribution in [3.63, 3.8) is 0 Å². The van der Waals surface area contributed by atoms with Gasteiger partial charge in [0.1, 0.15) is 4.90 Å². The van der Waals surface area contributed by atoms with Gasteiger partial charge in [-0.2, -0.15) is 4.31 Å². The van der Waals surface area contributed by atoms with Gasteiger partial charge in [-0.3, -0.25) is 9.69 Å². The monoisotopic (exact) mass is 467 g/mol. The summed E-state index contributed by atoms with van der Waals surface area (Å²) in [5.74, 6) is 0.0787. The van der Waals surface area contributed by atoms with Gasteiger partial charge >= 0.3 is 0 Å². The first-order valence-corrected chi connectivity index (χ1v) is 12.1. The molecule has 160 valence electrons. The van der Waals surface area contributed by atoms with Crippen LogP contribution in [0.2, 0.25) is 10.0 Å². The van der Waals surface area contributed by atoms with E-state index in [2.05, 4.69) is 12.1 Å². The number of nitrogens with zero attached hydrogens (tertiary/aromatic N) is 3. The van der Waals surface area contributed by atoms with Crippen LogP contribution in [0.4, 0.5) is 0 Å². The molecule has 2 aromatic rings. The maximum Gasteiger partial charge on any atom is 0.246 e. The molecule has 0 bridgehead atoms. The smallest absolute Gasteiger partial charge is 0.246 e. The fraction of sp³-hybridized carbons (Fsp3) is 0.381. The highest BCUT2D eigenvalue weighted by molar-refractivity contribution is 7.89. The average molecular weight is 468 g/mol. The van der Waals surface area contributed by atoms with Gasteiger partial charge in [-0.05, 0) is 29.7 Å². The largest absolute Gasteiger partial charge is 0.337 e. The molecule has 6 nitrogen and oxygen atoms in total. The third-order valence-corrected chi connectivity index (χ3v) is 8.55. The maximum absolute atomic E-state index is 13.0. The standard InChI is InChI=1S/C21H23Cl2N3O3S/c22-18-6-3-7-19(23)21(18)30(28,29)26-12-10-24(11-13-26)15-20(27)25-9-8-16-4-1-2-5-17(16)14-25/h1-7H,8-15H2. The molecule has 0 unspecified atom stereocenters. The van der Waals surface area contributed by atoms with E-state index in [0.717, 1.165) is 13.0 Å². The zero-order valence-electron chi connectivity index (χ0n) is 16.4. The van der Waals surface area contributed by atoms with E-state index in [1.54, 1.807) is 6.07 Å². The first kappa shape index (κ1) is 21.6. The highest BCUT2D eigenvalue weighted by atomic mass is 35.5. The average Bonchev–Trinajstić information content (AvgIpc) is 2.73. The molecular weight excluding hydrogens is 445 g/mol. The van der Waals surface area contributed by atoms with Gasteiger partial charge in [0.15, 0.2) is 0 Å². The van der Waals surface area contributed by atoms with Crippen molar-refractivity contribution in [2.24, 2.45) is 0 Å². The van der Waals surface area contributed by atoms with Crippen molar-refractivity contribution in [3.8, 4) is 0 Å². The van der Waals surface area contributed by atoms with E-state index >= 15 is 0 Å². The number of hydrogen-bond acceptors (Lipinski definition) is 4. The van der Waals surface area contributed by atoms with Gasteiger partial charge in [0.25, 0.3) is 0 Å². The Labute approximate surface area is 187 Å². The molecule has 9 heteroatoms. The van der Waals surface area contributed by atoms with Crippen molar-refractivity contribution in [1.82, 2.24) is 14.1 Å². The molecule has 0 N–H and O–H groups in total. The minimum absolute atomic E-state index is 0.0511. The Bertz CT molecular complexity index is 1030. The zero-order chi connectivity index (χ0) is 21.3. The molecule has 2 aromatic carbocycles. The van der Waals surface area contributed by atoms with Crippen LogP contribution >= 0.6 is 23.2 Å². The number of halogens is 2. The summed E-state index contributed by atoms with van der Waals surface area (Å²) in [6.45, 7) is 3.20. The Kier molecular flexibility index (Phi) is 6.36. The van der Waals surface area contributed by atoms with Gasteiger partial charge in [0, 0.05) is 39.3 Å². The number of piperazine rings is 1. The van der Waals surface area contributed by atoms with Gasteiger partial charge in [-0.25, -0.2) is 8.42 Å². The summed E-state index contributed by atoms with van der Waals surface area (Å²) in [4.78, 5) is 16.6. The SMILES string of the molecule is O=C(CN1CCN(S(=O)(=O)c2c(Cl)cccc2Cl)CC1)N1CCc2ccccc2C1. The minimum atomic E-state index is -3.78. The van der Waals surface area contributed by atoms with Crippen molar-refractivity contribution < 1.29 is 13.2 Å². The molecule has 0 spiro atoms. The molecule has 0 saturated carbocycles. The number of hydrogen-bond donors (Lipinski definition) is 0. The Morgan fingerprint density at radius 3 is 2.17 bits per heavy atom. The van der Waals surface area contributed by atoms with Crippen LogP contribution in [0.15, 0.2) is 47.4 Å². The summed E-state index contributed by atoms with van der Waals surface area (Å²) in [5.41, 5.74) is 2.50. The molecule has 1 amide bonds. The van der Waals surface area contributed by atoms with Crippen molar-refractivity contribution >= 4 is 39.1 Å². The molecule has 2 aliphatic heterocycles. The predicted molar refractivity (Wildman–Crippen MR) is 117 cm³/mol. The summed E-state index contributed by atoms with van der Waals surface area (Å²) in [7, 11) is -3.78. The van der Waals surface area contributed by atoms with Crippen LogP contribution in [0, 0.1) is 0 Å². The summed E-state index contributed by atoms with van der Waals surface area (Å²) in [5, 5.41) is 0.232. The number of carbonyl (C=O) groups excluding carboxylic acids is 1. The molecule has 0 aliphatic carbocycles. The minimum Gasteiger partial charge on any atom is -0.337 e. The van der Waals surface area contributed by atoms with Crippen LogP contribution in [0.5, 0.6) is 0 Å². The quantitative estimate of drug-likeness (QED) is 0.693. The number of sulfonamides is 1. The third-order valence-electron chi connectivity index (χ3n) is 5.69. The topological polar surface area (TPSA) is 60.9 Å². The second kappa shape index (κ2) is 8.85. The Balaban J connectivity index is 1.35.